The number of alkyl halides is 4. The Hall–Kier alpha value is -3.00. The Balaban J connectivity index is 1.52. The molecule has 0 fully saturated rings. The van der Waals surface area contributed by atoms with Crippen LogP contribution in [-0.4, -0.2) is 14.7 Å². The zero-order valence-corrected chi connectivity index (χ0v) is 18.1. The van der Waals surface area contributed by atoms with Crippen LogP contribution in [0.25, 0.3) is 10.9 Å². The molecule has 4 rings (SSSR count). The van der Waals surface area contributed by atoms with E-state index in [4.69, 9.17) is 0 Å². The van der Waals surface area contributed by atoms with E-state index in [2.05, 4.69) is 4.98 Å². The third kappa shape index (κ3) is 4.75. The van der Waals surface area contributed by atoms with Crippen molar-refractivity contribution in [3.63, 3.8) is 0 Å². The summed E-state index contributed by atoms with van der Waals surface area (Å²) in [5, 5.41) is 10.7. The third-order valence-corrected chi connectivity index (χ3v) is 6.04. The fraction of sp³-hybridized carbons (Fsp3) is 0.208. The molecule has 0 unspecified atom stereocenters. The molecule has 0 spiro atoms. The van der Waals surface area contributed by atoms with Crippen LogP contribution in [0.15, 0.2) is 76.7 Å². The van der Waals surface area contributed by atoms with Crippen molar-refractivity contribution >= 4 is 22.7 Å². The molecule has 0 aliphatic rings. The van der Waals surface area contributed by atoms with Crippen LogP contribution in [0.4, 0.5) is 17.6 Å². The molecule has 2 heterocycles. The van der Waals surface area contributed by atoms with Crippen LogP contribution in [0.2, 0.25) is 0 Å². The van der Waals surface area contributed by atoms with Crippen LogP contribution in [-0.2, 0) is 18.4 Å². The van der Waals surface area contributed by atoms with Crippen LogP contribution in [0, 0.1) is 0 Å². The topological polar surface area (TPSA) is 38.0 Å². The van der Waals surface area contributed by atoms with E-state index in [0.717, 1.165) is 21.4 Å². The summed E-state index contributed by atoms with van der Waals surface area (Å²) in [5.74, 6) is -0.134. The number of rotatable bonds is 5. The van der Waals surface area contributed by atoms with Crippen molar-refractivity contribution < 1.29 is 22.7 Å². The zero-order valence-electron chi connectivity index (χ0n) is 17.3. The molecule has 2 aromatic heterocycles. The smallest absolute Gasteiger partial charge is 0.433 e. The molecule has 0 aliphatic heterocycles. The van der Waals surface area contributed by atoms with Crippen molar-refractivity contribution in [1.29, 1.82) is 0 Å². The predicted molar refractivity (Wildman–Crippen MR) is 117 cm³/mol. The van der Waals surface area contributed by atoms with Crippen LogP contribution in [0.1, 0.15) is 30.7 Å². The van der Waals surface area contributed by atoms with Gasteiger partial charge in [0.05, 0.1) is 17.4 Å². The minimum atomic E-state index is -4.54. The molecular formula is C24H20F4N2OS. The number of hydrogen-bond donors (Lipinski definition) is 1. The number of nitrogens with zero attached hydrogens (tertiary/aromatic N) is 2. The van der Waals surface area contributed by atoms with Gasteiger partial charge in [-0.25, -0.2) is 9.37 Å². The average molecular weight is 460 g/mol. The standard InChI is InChI=1S/C24H20F4N2OS/c1-23(2,25)16-4-3-5-18(12-16)32-17-8-6-15(7-9-17)13-30-14-20-19(22(30)31)10-11-21(29-20)24(26,27)28/h3-12,14,31H,13H2,1-2H3. The highest BCUT2D eigenvalue weighted by atomic mass is 32.2. The second kappa shape index (κ2) is 8.16. The Kier molecular flexibility index (Phi) is 5.67. The normalized spacial score (nSPS) is 12.4. The largest absolute Gasteiger partial charge is 0.494 e. The zero-order chi connectivity index (χ0) is 23.1. The molecule has 8 heteroatoms. The minimum absolute atomic E-state index is 0.0835. The van der Waals surface area contributed by atoms with E-state index in [0.29, 0.717) is 5.56 Å². The second-order valence-electron chi connectivity index (χ2n) is 7.95. The first-order chi connectivity index (χ1) is 15.0. The Bertz CT molecular complexity index is 1260. The van der Waals surface area contributed by atoms with E-state index in [1.165, 1.54) is 42.4 Å². The fourth-order valence-electron chi connectivity index (χ4n) is 3.33. The Morgan fingerprint density at radius 1 is 0.938 bits per heavy atom. The van der Waals surface area contributed by atoms with Gasteiger partial charge in [-0.15, -0.1) is 0 Å². The number of halogens is 4. The van der Waals surface area contributed by atoms with Crippen LogP contribution >= 0.6 is 11.8 Å². The summed E-state index contributed by atoms with van der Waals surface area (Å²) in [6, 6.07) is 17.0. The first-order valence-corrected chi connectivity index (χ1v) is 10.6. The van der Waals surface area contributed by atoms with Gasteiger partial charge in [0.15, 0.2) is 0 Å². The van der Waals surface area contributed by atoms with Gasteiger partial charge in [0.2, 0.25) is 5.88 Å². The molecule has 0 saturated carbocycles. The molecule has 0 aliphatic carbocycles. The first-order valence-electron chi connectivity index (χ1n) is 9.83. The maximum Gasteiger partial charge on any atom is 0.433 e. The summed E-state index contributed by atoms with van der Waals surface area (Å²) in [5.41, 5.74) is -0.863. The highest BCUT2D eigenvalue weighted by Crippen LogP contribution is 2.34. The molecular weight excluding hydrogens is 440 g/mol. The van der Waals surface area contributed by atoms with Gasteiger partial charge in [0.25, 0.3) is 0 Å². The predicted octanol–water partition coefficient (Wildman–Crippen LogP) is 7.16. The molecule has 3 nitrogen and oxygen atoms in total. The average Bonchev–Trinajstić information content (AvgIpc) is 3.03. The van der Waals surface area contributed by atoms with Crippen molar-refractivity contribution in [1.82, 2.24) is 9.55 Å². The lowest BCUT2D eigenvalue weighted by Crippen LogP contribution is -2.08. The molecule has 0 bridgehead atoms. The van der Waals surface area contributed by atoms with E-state index >= 15 is 0 Å². The number of benzene rings is 2. The van der Waals surface area contributed by atoms with Gasteiger partial charge < -0.3 is 9.67 Å². The van der Waals surface area contributed by atoms with Gasteiger partial charge in [0.1, 0.15) is 11.4 Å². The molecule has 166 valence electrons. The molecule has 32 heavy (non-hydrogen) atoms. The number of pyridine rings is 1. The Morgan fingerprint density at radius 2 is 1.66 bits per heavy atom. The van der Waals surface area contributed by atoms with E-state index in [9.17, 15) is 22.7 Å². The number of aromatic nitrogens is 2. The molecule has 1 N–H and O–H groups in total. The van der Waals surface area contributed by atoms with Crippen molar-refractivity contribution in [3.8, 4) is 5.88 Å². The SMILES string of the molecule is CC(C)(F)c1cccc(Sc2ccc(Cn3cc4nc(C(F)(F)F)ccc4c3O)cc2)c1. The summed E-state index contributed by atoms with van der Waals surface area (Å²) in [6.07, 6.45) is -3.13. The summed E-state index contributed by atoms with van der Waals surface area (Å²) in [4.78, 5) is 5.50. The minimum Gasteiger partial charge on any atom is -0.494 e. The summed E-state index contributed by atoms with van der Waals surface area (Å²) in [6.45, 7) is 3.32. The van der Waals surface area contributed by atoms with Crippen molar-refractivity contribution in [3.05, 3.63) is 83.7 Å². The summed E-state index contributed by atoms with van der Waals surface area (Å²) >= 11 is 1.50. The van der Waals surface area contributed by atoms with Crippen LogP contribution in [0.3, 0.4) is 0 Å². The summed E-state index contributed by atoms with van der Waals surface area (Å²) < 4.78 is 54.3. The maximum atomic E-state index is 14.2. The van der Waals surface area contributed by atoms with Gasteiger partial charge in [-0.05, 0) is 61.4 Å². The lowest BCUT2D eigenvalue weighted by Gasteiger charge is -2.15. The van der Waals surface area contributed by atoms with Gasteiger partial charge in [0, 0.05) is 16.0 Å². The quantitative estimate of drug-likeness (QED) is 0.321. The molecule has 0 radical (unpaired) electrons. The third-order valence-electron chi connectivity index (χ3n) is 5.04. The van der Waals surface area contributed by atoms with Crippen molar-refractivity contribution in [2.75, 3.05) is 0 Å². The van der Waals surface area contributed by atoms with Crippen molar-refractivity contribution in [2.24, 2.45) is 0 Å². The van der Waals surface area contributed by atoms with Crippen LogP contribution < -0.4 is 0 Å². The lowest BCUT2D eigenvalue weighted by atomic mass is 10.0. The van der Waals surface area contributed by atoms with Crippen LogP contribution in [0.5, 0.6) is 5.88 Å². The number of fused-ring (bicyclic) bond motifs is 1. The molecule has 0 saturated heterocycles. The fourth-order valence-corrected chi connectivity index (χ4v) is 4.21. The number of aromatic hydroxyl groups is 1. The van der Waals surface area contributed by atoms with Gasteiger partial charge in [-0.2, -0.15) is 13.2 Å². The second-order valence-corrected chi connectivity index (χ2v) is 9.10. The number of hydrogen-bond acceptors (Lipinski definition) is 3. The van der Waals surface area contributed by atoms with Gasteiger partial charge >= 0.3 is 6.18 Å². The molecule has 2 aromatic carbocycles. The summed E-state index contributed by atoms with van der Waals surface area (Å²) in [7, 11) is 0. The van der Waals surface area contributed by atoms with E-state index in [-0.39, 0.29) is 23.3 Å². The Morgan fingerprint density at radius 3 is 2.31 bits per heavy atom. The Labute approximate surface area is 186 Å². The molecule has 0 atom stereocenters. The first kappa shape index (κ1) is 22.2. The molecule has 0 amide bonds. The molecule has 4 aromatic rings. The lowest BCUT2D eigenvalue weighted by molar-refractivity contribution is -0.140. The van der Waals surface area contributed by atoms with E-state index in [1.807, 2.05) is 42.5 Å². The van der Waals surface area contributed by atoms with E-state index < -0.39 is 17.5 Å². The maximum absolute atomic E-state index is 14.2. The highest BCUT2D eigenvalue weighted by Gasteiger charge is 2.32. The van der Waals surface area contributed by atoms with Gasteiger partial charge in [-0.1, -0.05) is 36.0 Å². The highest BCUT2D eigenvalue weighted by molar-refractivity contribution is 7.99. The van der Waals surface area contributed by atoms with Crippen molar-refractivity contribution in [2.45, 2.75) is 42.0 Å². The monoisotopic (exact) mass is 460 g/mol. The van der Waals surface area contributed by atoms with E-state index in [1.54, 1.807) is 6.07 Å². The van der Waals surface area contributed by atoms with Gasteiger partial charge in [-0.3, -0.25) is 0 Å².